The Hall–Kier alpha value is -0.810. The minimum atomic E-state index is -0.121. The first kappa shape index (κ1) is 22.6. The lowest BCUT2D eigenvalue weighted by molar-refractivity contribution is -0.134. The highest BCUT2D eigenvalue weighted by Crippen LogP contribution is 2.87. The molecule has 5 saturated carbocycles. The summed E-state index contributed by atoms with van der Waals surface area (Å²) in [7, 11) is 3.58. The number of carbonyl (C=O) groups is 1. The number of aliphatic hydroxyl groups is 1. The van der Waals surface area contributed by atoms with Gasteiger partial charge >= 0.3 is 6.03 Å². The lowest BCUT2D eigenvalue weighted by Crippen LogP contribution is -2.54. The first-order chi connectivity index (χ1) is 15.5. The minimum Gasteiger partial charge on any atom is -0.393 e. The van der Waals surface area contributed by atoms with Crippen LogP contribution in [-0.2, 0) is 4.74 Å². The molecular formula is C28H46N2O3. The maximum absolute atomic E-state index is 12.0. The first-order valence-corrected chi connectivity index (χ1v) is 13.8. The third kappa shape index (κ3) is 2.87. The van der Waals surface area contributed by atoms with Gasteiger partial charge in [0.1, 0.15) is 0 Å². The van der Waals surface area contributed by atoms with Gasteiger partial charge in [0.25, 0.3) is 0 Å². The molecule has 0 bridgehead atoms. The predicted octanol–water partition coefficient (Wildman–Crippen LogP) is 4.83. The highest BCUT2D eigenvalue weighted by atomic mass is 16.5. The van der Waals surface area contributed by atoms with Crippen molar-refractivity contribution in [3.63, 3.8) is 0 Å². The summed E-state index contributed by atoms with van der Waals surface area (Å²) in [6.07, 6.45) is 13.2. The number of urea groups is 1. The molecule has 186 valence electrons. The number of nitrogens with zero attached hydrogens (tertiary/aromatic N) is 1. The van der Waals surface area contributed by atoms with Crippen LogP contribution in [0.3, 0.4) is 0 Å². The van der Waals surface area contributed by atoms with Gasteiger partial charge in [0.05, 0.1) is 18.3 Å². The van der Waals surface area contributed by atoms with E-state index in [9.17, 15) is 9.90 Å². The lowest BCUT2D eigenvalue weighted by Gasteiger charge is -2.59. The van der Waals surface area contributed by atoms with Crippen LogP contribution in [0.15, 0.2) is 0 Å². The monoisotopic (exact) mass is 458 g/mol. The van der Waals surface area contributed by atoms with E-state index >= 15 is 0 Å². The number of aliphatic hydroxyl groups excluding tert-OH is 1. The highest BCUT2D eigenvalue weighted by Gasteiger charge is 2.80. The van der Waals surface area contributed by atoms with Crippen LogP contribution in [0.4, 0.5) is 4.79 Å². The zero-order valence-electron chi connectivity index (χ0n) is 21.5. The Balaban J connectivity index is 1.19. The van der Waals surface area contributed by atoms with E-state index in [1.165, 1.54) is 51.4 Å². The molecule has 1 aliphatic heterocycles. The minimum absolute atomic E-state index is 0.0222. The fourth-order valence-electron chi connectivity index (χ4n) is 10.8. The molecule has 1 saturated heterocycles. The molecule has 6 rings (SSSR count). The van der Waals surface area contributed by atoms with Crippen molar-refractivity contribution in [1.29, 1.82) is 0 Å². The molecule has 10 atom stereocenters. The van der Waals surface area contributed by atoms with Crippen molar-refractivity contribution in [2.24, 2.45) is 45.3 Å². The van der Waals surface area contributed by atoms with E-state index in [2.05, 4.69) is 26.1 Å². The molecule has 6 aliphatic rings. The number of ether oxygens (including phenoxy) is 1. The van der Waals surface area contributed by atoms with Crippen LogP contribution >= 0.6 is 0 Å². The van der Waals surface area contributed by atoms with Crippen molar-refractivity contribution in [2.75, 3.05) is 20.6 Å². The zero-order chi connectivity index (χ0) is 23.4. The average molecular weight is 459 g/mol. The summed E-state index contributed by atoms with van der Waals surface area (Å²) in [5.74, 6) is 3.06. The van der Waals surface area contributed by atoms with E-state index in [4.69, 9.17) is 4.74 Å². The molecule has 2 N–H and O–H groups in total. The van der Waals surface area contributed by atoms with E-state index < -0.39 is 0 Å². The molecule has 2 amide bonds. The van der Waals surface area contributed by atoms with Crippen LogP contribution < -0.4 is 5.32 Å². The van der Waals surface area contributed by atoms with Crippen molar-refractivity contribution in [2.45, 2.75) is 103 Å². The van der Waals surface area contributed by atoms with Crippen LogP contribution in [0.2, 0.25) is 0 Å². The molecule has 5 nitrogen and oxygen atoms in total. The molecule has 5 aliphatic carbocycles. The largest absolute Gasteiger partial charge is 0.393 e. The second-order valence-corrected chi connectivity index (χ2v) is 14.0. The van der Waals surface area contributed by atoms with E-state index in [1.807, 2.05) is 0 Å². The van der Waals surface area contributed by atoms with Gasteiger partial charge in [0.2, 0.25) is 0 Å². The summed E-state index contributed by atoms with van der Waals surface area (Å²) in [6.45, 7) is 7.96. The number of carbonyl (C=O) groups excluding carboxylic acids is 1. The fourth-order valence-corrected chi connectivity index (χ4v) is 10.8. The summed E-state index contributed by atoms with van der Waals surface area (Å²) >= 11 is 0. The second kappa shape index (κ2) is 7.12. The van der Waals surface area contributed by atoms with E-state index in [0.717, 1.165) is 24.7 Å². The molecule has 5 heteroatoms. The van der Waals surface area contributed by atoms with Crippen molar-refractivity contribution < 1.29 is 14.6 Å². The first-order valence-electron chi connectivity index (χ1n) is 13.8. The number of nitrogens with one attached hydrogen (secondary N) is 1. The van der Waals surface area contributed by atoms with Crippen LogP contribution in [-0.4, -0.2) is 55.0 Å². The molecule has 2 spiro atoms. The topological polar surface area (TPSA) is 61.8 Å². The standard InChI is InChI=1S/C28H46N2O3/c1-25(2)22-9-8-18-20-14-21-19(7-6-17(33-21)15-29-24(32)30(4)5)26(20,3)12-13-27(18)16-28(22,27)11-10-23(25)31/h17-23,31H,6-16H2,1-5H3,(H,29,32)/t17?,18?,19?,20?,21?,22-,23-,26?,27-,28?/m0/s1. The molecular weight excluding hydrogens is 412 g/mol. The summed E-state index contributed by atoms with van der Waals surface area (Å²) in [5, 5.41) is 13.9. The Kier molecular flexibility index (Phi) is 4.88. The molecule has 7 unspecified atom stereocenters. The number of hydrogen-bond acceptors (Lipinski definition) is 3. The second-order valence-electron chi connectivity index (χ2n) is 14.0. The Labute approximate surface area is 200 Å². The van der Waals surface area contributed by atoms with E-state index in [-0.39, 0.29) is 23.7 Å². The molecule has 0 radical (unpaired) electrons. The third-order valence-electron chi connectivity index (χ3n) is 12.5. The normalized spacial score (nSPS) is 53.6. The maximum atomic E-state index is 12.0. The quantitative estimate of drug-likeness (QED) is 0.623. The summed E-state index contributed by atoms with van der Waals surface area (Å²) in [5.41, 5.74) is 1.58. The Morgan fingerprint density at radius 1 is 0.970 bits per heavy atom. The maximum Gasteiger partial charge on any atom is 0.316 e. The number of fused-ring (bicyclic) bond motifs is 4. The Morgan fingerprint density at radius 2 is 1.73 bits per heavy atom. The molecule has 33 heavy (non-hydrogen) atoms. The van der Waals surface area contributed by atoms with Gasteiger partial charge in [0.15, 0.2) is 0 Å². The van der Waals surface area contributed by atoms with Gasteiger partial charge in [-0.25, -0.2) is 4.79 Å². The number of rotatable bonds is 2. The third-order valence-corrected chi connectivity index (χ3v) is 12.5. The molecule has 0 aromatic carbocycles. The zero-order valence-corrected chi connectivity index (χ0v) is 21.5. The smallest absolute Gasteiger partial charge is 0.316 e. The van der Waals surface area contributed by atoms with Crippen LogP contribution in [0.1, 0.15) is 85.0 Å². The molecule has 1 heterocycles. The lowest BCUT2D eigenvalue weighted by atomic mass is 9.46. The van der Waals surface area contributed by atoms with E-state index in [1.54, 1.807) is 19.0 Å². The van der Waals surface area contributed by atoms with Crippen molar-refractivity contribution in [3.8, 4) is 0 Å². The van der Waals surface area contributed by atoms with Crippen molar-refractivity contribution >= 4 is 6.03 Å². The van der Waals surface area contributed by atoms with Gasteiger partial charge in [-0.3, -0.25) is 0 Å². The van der Waals surface area contributed by atoms with Gasteiger partial charge in [-0.1, -0.05) is 20.8 Å². The highest BCUT2D eigenvalue weighted by molar-refractivity contribution is 5.73. The SMILES string of the molecule is CN(C)C(=O)NCC1CCC2C(CC3C4CC[C@H]5C(C)(C)[C@@H](O)CCC56C[C@@]46CCC23C)O1. The fraction of sp³-hybridized carbons (Fsp3) is 0.964. The molecule has 6 fully saturated rings. The molecule has 0 aromatic rings. The Bertz CT molecular complexity index is 828. The van der Waals surface area contributed by atoms with Crippen LogP contribution in [0.25, 0.3) is 0 Å². The van der Waals surface area contributed by atoms with Crippen LogP contribution in [0.5, 0.6) is 0 Å². The van der Waals surface area contributed by atoms with Crippen molar-refractivity contribution in [3.05, 3.63) is 0 Å². The Morgan fingerprint density at radius 3 is 2.48 bits per heavy atom. The van der Waals surface area contributed by atoms with Gasteiger partial charge in [-0.05, 0) is 110 Å². The van der Waals surface area contributed by atoms with Gasteiger partial charge in [-0.15, -0.1) is 0 Å². The summed E-state index contributed by atoms with van der Waals surface area (Å²) in [6, 6.07) is -0.0222. The number of hydrogen-bond donors (Lipinski definition) is 2. The predicted molar refractivity (Wildman–Crippen MR) is 129 cm³/mol. The van der Waals surface area contributed by atoms with Gasteiger partial charge < -0.3 is 20.1 Å². The summed E-state index contributed by atoms with van der Waals surface area (Å²) in [4.78, 5) is 13.6. The number of amides is 2. The average Bonchev–Trinajstić information content (AvgIpc) is 3.35. The van der Waals surface area contributed by atoms with Gasteiger partial charge in [0, 0.05) is 20.6 Å². The van der Waals surface area contributed by atoms with Crippen molar-refractivity contribution in [1.82, 2.24) is 10.2 Å². The molecule has 0 aromatic heterocycles. The van der Waals surface area contributed by atoms with E-state index in [0.29, 0.717) is 40.7 Å². The van der Waals surface area contributed by atoms with Crippen LogP contribution in [0, 0.1) is 45.3 Å². The summed E-state index contributed by atoms with van der Waals surface area (Å²) < 4.78 is 6.71. The van der Waals surface area contributed by atoms with Gasteiger partial charge in [-0.2, -0.15) is 0 Å².